The Kier molecular flexibility index (Phi) is 7.08. The van der Waals surface area contributed by atoms with Gasteiger partial charge in [-0.3, -0.25) is 9.59 Å². The number of nitrogens with one attached hydrogen (secondary N) is 3. The van der Waals surface area contributed by atoms with Gasteiger partial charge < -0.3 is 20.4 Å². The second-order valence-corrected chi connectivity index (χ2v) is 8.06. The van der Waals surface area contributed by atoms with Gasteiger partial charge in [-0.15, -0.1) is 0 Å². The number of ether oxygens (including phenoxy) is 1. The molecule has 4 aromatic rings. The molecule has 172 valence electrons. The van der Waals surface area contributed by atoms with Gasteiger partial charge >= 0.3 is 0 Å². The van der Waals surface area contributed by atoms with Gasteiger partial charge in [0.1, 0.15) is 11.4 Å². The standard InChI is InChI=1S/C28H27N3O3/c1-19(20-9-5-3-6-10-20)17-30-28(33)26(31-27(32)21-11-7-4-8-12-21)15-22-18-29-25-14-13-23(34-2)16-24(22)25/h3-16,18-19,29H,17H2,1-2H3,(H,30,33)(H,31,32). The number of methoxy groups -OCH3 is 1. The van der Waals surface area contributed by atoms with Crippen LogP contribution in [0, 0.1) is 0 Å². The maximum atomic E-state index is 13.2. The monoisotopic (exact) mass is 453 g/mol. The molecule has 2 amide bonds. The Hall–Kier alpha value is -4.32. The molecule has 0 aliphatic carbocycles. The van der Waals surface area contributed by atoms with Gasteiger partial charge in [-0.25, -0.2) is 0 Å². The van der Waals surface area contributed by atoms with E-state index in [2.05, 4.69) is 15.6 Å². The van der Waals surface area contributed by atoms with Crippen LogP contribution in [-0.2, 0) is 4.79 Å². The third-order valence-electron chi connectivity index (χ3n) is 5.69. The van der Waals surface area contributed by atoms with Crippen LogP contribution in [0.4, 0.5) is 0 Å². The molecule has 0 saturated carbocycles. The molecular weight excluding hydrogens is 426 g/mol. The summed E-state index contributed by atoms with van der Waals surface area (Å²) in [5.41, 5.74) is 3.44. The minimum Gasteiger partial charge on any atom is -0.497 e. The molecule has 34 heavy (non-hydrogen) atoms. The lowest BCUT2D eigenvalue weighted by atomic mass is 10.0. The highest BCUT2D eigenvalue weighted by molar-refractivity contribution is 6.06. The molecule has 0 radical (unpaired) electrons. The maximum Gasteiger partial charge on any atom is 0.267 e. The number of rotatable bonds is 8. The number of aromatic amines is 1. The van der Waals surface area contributed by atoms with Gasteiger partial charge in [-0.1, -0.05) is 55.5 Å². The van der Waals surface area contributed by atoms with Crippen LogP contribution in [-0.4, -0.2) is 30.5 Å². The number of aromatic nitrogens is 1. The zero-order valence-corrected chi connectivity index (χ0v) is 19.2. The first-order valence-corrected chi connectivity index (χ1v) is 11.1. The molecule has 1 aromatic heterocycles. The van der Waals surface area contributed by atoms with Crippen molar-refractivity contribution >= 4 is 28.8 Å². The summed E-state index contributed by atoms with van der Waals surface area (Å²) in [7, 11) is 1.61. The highest BCUT2D eigenvalue weighted by Crippen LogP contribution is 2.25. The third-order valence-corrected chi connectivity index (χ3v) is 5.69. The number of H-pyrrole nitrogens is 1. The highest BCUT2D eigenvalue weighted by Gasteiger charge is 2.17. The number of carbonyl (C=O) groups is 2. The van der Waals surface area contributed by atoms with E-state index >= 15 is 0 Å². The van der Waals surface area contributed by atoms with Crippen LogP contribution in [0.15, 0.2) is 90.8 Å². The molecular formula is C28H27N3O3. The Bertz CT molecular complexity index is 1310. The minimum atomic E-state index is -0.357. The first-order chi connectivity index (χ1) is 16.5. The van der Waals surface area contributed by atoms with Crippen molar-refractivity contribution in [2.45, 2.75) is 12.8 Å². The Morgan fingerprint density at radius 2 is 1.71 bits per heavy atom. The maximum absolute atomic E-state index is 13.2. The first kappa shape index (κ1) is 22.9. The molecule has 1 unspecified atom stereocenters. The van der Waals surface area contributed by atoms with Gasteiger partial charge in [0.05, 0.1) is 7.11 Å². The Balaban J connectivity index is 1.61. The Morgan fingerprint density at radius 3 is 2.41 bits per heavy atom. The number of hydrogen-bond donors (Lipinski definition) is 3. The smallest absolute Gasteiger partial charge is 0.267 e. The molecule has 3 N–H and O–H groups in total. The van der Waals surface area contributed by atoms with Crippen LogP contribution in [0.1, 0.15) is 34.3 Å². The quantitative estimate of drug-likeness (QED) is 0.333. The van der Waals surface area contributed by atoms with E-state index in [1.807, 2.05) is 61.5 Å². The van der Waals surface area contributed by atoms with E-state index in [9.17, 15) is 9.59 Å². The van der Waals surface area contributed by atoms with E-state index in [1.165, 1.54) is 0 Å². The fourth-order valence-electron chi connectivity index (χ4n) is 3.71. The molecule has 4 rings (SSSR count). The SMILES string of the molecule is COc1ccc2[nH]cc(C=C(NC(=O)c3ccccc3)C(=O)NCC(C)c3ccccc3)c2c1. The van der Waals surface area contributed by atoms with Crippen molar-refractivity contribution in [2.75, 3.05) is 13.7 Å². The average molecular weight is 454 g/mol. The lowest BCUT2D eigenvalue weighted by molar-refractivity contribution is -0.117. The second kappa shape index (κ2) is 10.5. The largest absolute Gasteiger partial charge is 0.497 e. The fourth-order valence-corrected chi connectivity index (χ4v) is 3.71. The van der Waals surface area contributed by atoms with Crippen molar-refractivity contribution in [1.82, 2.24) is 15.6 Å². The van der Waals surface area contributed by atoms with Crippen molar-refractivity contribution in [2.24, 2.45) is 0 Å². The Labute approximate surface area is 198 Å². The molecule has 3 aromatic carbocycles. The van der Waals surface area contributed by atoms with Crippen molar-refractivity contribution < 1.29 is 14.3 Å². The first-order valence-electron chi connectivity index (χ1n) is 11.1. The van der Waals surface area contributed by atoms with E-state index in [-0.39, 0.29) is 23.4 Å². The number of fused-ring (bicyclic) bond motifs is 1. The van der Waals surface area contributed by atoms with Crippen molar-refractivity contribution in [3.8, 4) is 5.75 Å². The van der Waals surface area contributed by atoms with E-state index in [0.29, 0.717) is 17.9 Å². The normalized spacial score (nSPS) is 12.2. The van der Waals surface area contributed by atoms with Crippen LogP contribution < -0.4 is 15.4 Å². The molecule has 0 saturated heterocycles. The molecule has 6 heteroatoms. The van der Waals surface area contributed by atoms with Gasteiger partial charge in [0.15, 0.2) is 0 Å². The molecule has 1 heterocycles. The highest BCUT2D eigenvalue weighted by atomic mass is 16.5. The summed E-state index contributed by atoms with van der Waals surface area (Å²) in [5.74, 6) is 0.117. The van der Waals surface area contributed by atoms with E-state index in [1.54, 1.807) is 43.6 Å². The summed E-state index contributed by atoms with van der Waals surface area (Å²) >= 11 is 0. The molecule has 0 aliphatic rings. The molecule has 1 atom stereocenters. The van der Waals surface area contributed by atoms with Crippen molar-refractivity contribution in [1.29, 1.82) is 0 Å². The van der Waals surface area contributed by atoms with Crippen LogP contribution in [0.5, 0.6) is 5.75 Å². The molecule has 0 bridgehead atoms. The third kappa shape index (κ3) is 5.35. The predicted octanol–water partition coefficient (Wildman–Crippen LogP) is 4.87. The van der Waals surface area contributed by atoms with E-state index in [4.69, 9.17) is 4.74 Å². The zero-order valence-electron chi connectivity index (χ0n) is 19.2. The minimum absolute atomic E-state index is 0.119. The summed E-state index contributed by atoms with van der Waals surface area (Å²) < 4.78 is 5.34. The van der Waals surface area contributed by atoms with Crippen LogP contribution in [0.3, 0.4) is 0 Å². The topological polar surface area (TPSA) is 83.2 Å². The van der Waals surface area contributed by atoms with E-state index in [0.717, 1.165) is 22.0 Å². The van der Waals surface area contributed by atoms with Crippen LogP contribution in [0.2, 0.25) is 0 Å². The molecule has 0 aliphatic heterocycles. The fraction of sp³-hybridized carbons (Fsp3) is 0.143. The van der Waals surface area contributed by atoms with Crippen molar-refractivity contribution in [3.05, 3.63) is 107 Å². The van der Waals surface area contributed by atoms with Crippen molar-refractivity contribution in [3.63, 3.8) is 0 Å². The van der Waals surface area contributed by atoms with Crippen LogP contribution >= 0.6 is 0 Å². The number of amides is 2. The summed E-state index contributed by atoms with van der Waals surface area (Å²) in [6, 6.07) is 24.5. The number of carbonyl (C=O) groups excluding carboxylic acids is 2. The summed E-state index contributed by atoms with van der Waals surface area (Å²) in [4.78, 5) is 29.3. The average Bonchev–Trinajstić information content (AvgIpc) is 3.29. The number of benzene rings is 3. The van der Waals surface area contributed by atoms with Crippen LogP contribution in [0.25, 0.3) is 17.0 Å². The van der Waals surface area contributed by atoms with Gasteiger partial charge in [0, 0.05) is 34.8 Å². The zero-order chi connectivity index (χ0) is 23.9. The summed E-state index contributed by atoms with van der Waals surface area (Å²) in [6.07, 6.45) is 3.49. The van der Waals surface area contributed by atoms with Gasteiger partial charge in [0.25, 0.3) is 11.8 Å². The predicted molar refractivity (Wildman–Crippen MR) is 135 cm³/mol. The molecule has 0 fully saturated rings. The molecule has 6 nitrogen and oxygen atoms in total. The Morgan fingerprint density at radius 1 is 1.00 bits per heavy atom. The lowest BCUT2D eigenvalue weighted by Gasteiger charge is -2.15. The lowest BCUT2D eigenvalue weighted by Crippen LogP contribution is -2.36. The number of hydrogen-bond acceptors (Lipinski definition) is 3. The summed E-state index contributed by atoms with van der Waals surface area (Å²) in [5, 5.41) is 6.64. The van der Waals surface area contributed by atoms with Gasteiger partial charge in [-0.2, -0.15) is 0 Å². The summed E-state index contributed by atoms with van der Waals surface area (Å²) in [6.45, 7) is 2.48. The van der Waals surface area contributed by atoms with Gasteiger partial charge in [0.2, 0.25) is 0 Å². The molecule has 0 spiro atoms. The van der Waals surface area contributed by atoms with Gasteiger partial charge in [-0.05, 0) is 47.9 Å². The second-order valence-electron chi connectivity index (χ2n) is 8.06. The van der Waals surface area contributed by atoms with E-state index < -0.39 is 0 Å².